The summed E-state index contributed by atoms with van der Waals surface area (Å²) in [7, 11) is 0. The van der Waals surface area contributed by atoms with Gasteiger partial charge in [-0.25, -0.2) is 17.6 Å². The molecule has 4 aromatic carbocycles. The highest BCUT2D eigenvalue weighted by Crippen LogP contribution is 2.78. The van der Waals surface area contributed by atoms with Gasteiger partial charge in [0.05, 0.1) is 5.41 Å². The summed E-state index contributed by atoms with van der Waals surface area (Å²) in [5, 5.41) is 2.85. The van der Waals surface area contributed by atoms with Crippen LogP contribution in [0.3, 0.4) is 0 Å². The molecule has 0 aromatic heterocycles. The summed E-state index contributed by atoms with van der Waals surface area (Å²) in [6.45, 7) is 0. The van der Waals surface area contributed by atoms with E-state index in [2.05, 4.69) is 0 Å². The molecule has 4 aromatic rings. The molecule has 0 radical (unpaired) electrons. The van der Waals surface area contributed by atoms with Gasteiger partial charge in [-0.3, -0.25) is 0 Å². The molecule has 1 spiro atoms. The lowest BCUT2D eigenvalue weighted by molar-refractivity contribution is -0.0984. The molecule has 162 valence electrons. The average molecular weight is 450 g/mol. The number of allylic oxidation sites excluding steroid dienone is 4. The Morgan fingerprint density at radius 2 is 1.44 bits per heavy atom. The van der Waals surface area contributed by atoms with Crippen LogP contribution in [-0.4, -0.2) is 5.67 Å². The number of hydrogen-bond donors (Lipinski definition) is 0. The molecular weight excluding hydrogens is 436 g/mol. The quantitative estimate of drug-likeness (QED) is 0.189. The molecule has 6 aliphatic rings. The van der Waals surface area contributed by atoms with Gasteiger partial charge in [0.15, 0.2) is 17.3 Å². The molecule has 0 aliphatic heterocycles. The molecule has 0 unspecified atom stereocenters. The molecule has 0 saturated carbocycles. The highest BCUT2D eigenvalue weighted by molar-refractivity contribution is 6.17. The maximum absolute atomic E-state index is 18.5. The molecule has 0 N–H and O–H groups in total. The first-order chi connectivity index (χ1) is 16.5. The molecule has 4 heteroatoms. The summed E-state index contributed by atoms with van der Waals surface area (Å²) >= 11 is 0. The monoisotopic (exact) mass is 450 g/mol. The number of hydrogen-bond acceptors (Lipinski definition) is 0. The number of halogens is 4. The number of benzene rings is 4. The van der Waals surface area contributed by atoms with Crippen LogP contribution >= 0.6 is 0 Å². The van der Waals surface area contributed by atoms with Gasteiger partial charge in [0.1, 0.15) is 0 Å². The van der Waals surface area contributed by atoms with E-state index >= 15 is 17.6 Å². The normalized spacial score (nSPS) is 32.7. The van der Waals surface area contributed by atoms with Gasteiger partial charge in [-0.15, -0.1) is 0 Å². The minimum absolute atomic E-state index is 0.0537. The summed E-state index contributed by atoms with van der Waals surface area (Å²) in [6.07, 6.45) is 5.39. The highest BCUT2D eigenvalue weighted by atomic mass is 19.2. The van der Waals surface area contributed by atoms with Gasteiger partial charge >= 0.3 is 0 Å². The van der Waals surface area contributed by atoms with Crippen molar-refractivity contribution in [1.29, 1.82) is 0 Å². The lowest BCUT2D eigenvalue weighted by Gasteiger charge is -2.65. The lowest BCUT2D eigenvalue weighted by Crippen LogP contribution is -2.70. The Morgan fingerprint density at radius 1 is 0.735 bits per heavy atom. The second-order valence-electron chi connectivity index (χ2n) is 10.0. The summed E-state index contributed by atoms with van der Waals surface area (Å²) in [5.74, 6) is -4.22. The Labute approximate surface area is 191 Å². The van der Waals surface area contributed by atoms with Crippen LogP contribution in [-0.2, 0) is 11.1 Å². The van der Waals surface area contributed by atoms with Gasteiger partial charge in [-0.05, 0) is 49.4 Å². The lowest BCUT2D eigenvalue weighted by atomic mass is 9.38. The van der Waals surface area contributed by atoms with E-state index in [0.717, 1.165) is 16.3 Å². The third-order valence-electron chi connectivity index (χ3n) is 9.04. The van der Waals surface area contributed by atoms with Crippen molar-refractivity contribution in [3.05, 3.63) is 118 Å². The zero-order chi connectivity index (χ0) is 22.8. The van der Waals surface area contributed by atoms with Crippen molar-refractivity contribution in [3.8, 4) is 0 Å². The summed E-state index contributed by atoms with van der Waals surface area (Å²) in [5.41, 5.74) is -4.71. The molecule has 0 heterocycles. The molecule has 0 nitrogen and oxygen atoms in total. The van der Waals surface area contributed by atoms with E-state index in [0.29, 0.717) is 33.0 Å². The summed E-state index contributed by atoms with van der Waals surface area (Å²) in [6, 6.07) is 17.9. The third-order valence-corrected chi connectivity index (χ3v) is 9.04. The van der Waals surface area contributed by atoms with E-state index in [1.54, 1.807) is 24.3 Å². The van der Waals surface area contributed by atoms with Crippen LogP contribution in [0.15, 0.2) is 84.2 Å². The Kier molecular flexibility index (Phi) is 2.56. The van der Waals surface area contributed by atoms with Gasteiger partial charge < -0.3 is 0 Å². The molecule has 10 rings (SSSR count). The van der Waals surface area contributed by atoms with Crippen molar-refractivity contribution in [2.24, 2.45) is 0 Å². The standard InChI is InChI=1S/C30H14F4/c31-26-19-12-10-15-6-5-14-7-8-16-9-11-17-13-21-18-3-1-2-4-20(18)28(17)24(16)22(14)23(15)25(19)30(28,34)29(21,33)27(26)32/h1-13,21H/t21-,28+,29+,30-/m0/s1. The van der Waals surface area contributed by atoms with Gasteiger partial charge in [-0.1, -0.05) is 78.9 Å². The first-order valence-electron chi connectivity index (χ1n) is 11.4. The minimum atomic E-state index is -3.20. The fourth-order valence-corrected chi connectivity index (χ4v) is 7.94. The van der Waals surface area contributed by atoms with Gasteiger partial charge in [0.25, 0.3) is 0 Å². The largest absolute Gasteiger partial charge is 0.233 e. The van der Waals surface area contributed by atoms with Crippen molar-refractivity contribution in [2.45, 2.75) is 22.7 Å². The molecule has 0 fully saturated rings. The van der Waals surface area contributed by atoms with E-state index in [9.17, 15) is 0 Å². The molecule has 6 aliphatic carbocycles. The van der Waals surface area contributed by atoms with E-state index in [-0.39, 0.29) is 11.1 Å². The fourth-order valence-electron chi connectivity index (χ4n) is 7.94. The first-order valence-corrected chi connectivity index (χ1v) is 11.4. The van der Waals surface area contributed by atoms with Crippen molar-refractivity contribution in [3.63, 3.8) is 0 Å². The second kappa shape index (κ2) is 4.90. The van der Waals surface area contributed by atoms with E-state index in [1.165, 1.54) is 6.07 Å². The fraction of sp³-hybridized carbons (Fsp3) is 0.133. The van der Waals surface area contributed by atoms with E-state index < -0.39 is 34.3 Å². The Hall–Kier alpha value is -3.66. The first kappa shape index (κ1) is 17.8. The van der Waals surface area contributed by atoms with Crippen molar-refractivity contribution in [2.75, 3.05) is 0 Å². The maximum Gasteiger partial charge on any atom is 0.214 e. The molecule has 34 heavy (non-hydrogen) atoms. The Morgan fingerprint density at radius 3 is 2.26 bits per heavy atom. The van der Waals surface area contributed by atoms with Crippen LogP contribution < -0.4 is 0 Å². The SMILES string of the molecule is FC1=C(F)[C@]2(F)[C@H]3C=C4C=Cc5ccc6ccc7ccc1c1c7c6c5[C@@]4(c4ccccc43)[C@@]12F. The zero-order valence-electron chi connectivity index (χ0n) is 17.6. The van der Waals surface area contributed by atoms with Crippen LogP contribution in [0.2, 0.25) is 0 Å². The number of alkyl halides is 2. The van der Waals surface area contributed by atoms with Crippen molar-refractivity contribution in [1.82, 2.24) is 0 Å². The maximum atomic E-state index is 18.5. The minimum Gasteiger partial charge on any atom is -0.233 e. The van der Waals surface area contributed by atoms with Crippen LogP contribution in [0.5, 0.6) is 0 Å². The second-order valence-corrected chi connectivity index (χ2v) is 10.0. The van der Waals surface area contributed by atoms with Gasteiger partial charge in [0.2, 0.25) is 5.67 Å². The zero-order valence-corrected chi connectivity index (χ0v) is 17.6. The van der Waals surface area contributed by atoms with E-state index in [4.69, 9.17) is 0 Å². The van der Waals surface area contributed by atoms with E-state index in [1.807, 2.05) is 48.6 Å². The van der Waals surface area contributed by atoms with Crippen LogP contribution in [0, 0.1) is 0 Å². The highest BCUT2D eigenvalue weighted by Gasteiger charge is 2.81. The summed E-state index contributed by atoms with van der Waals surface area (Å²) < 4.78 is 67.5. The smallest absolute Gasteiger partial charge is 0.214 e. The third kappa shape index (κ3) is 1.35. The molecule has 0 saturated heterocycles. The number of rotatable bonds is 0. The Balaban J connectivity index is 1.72. The van der Waals surface area contributed by atoms with Crippen LogP contribution in [0.25, 0.3) is 33.4 Å². The Bertz CT molecular complexity index is 1830. The van der Waals surface area contributed by atoms with Crippen molar-refractivity contribution >= 4 is 33.4 Å². The van der Waals surface area contributed by atoms with Gasteiger partial charge in [-0.2, -0.15) is 0 Å². The predicted octanol–water partition coefficient (Wildman–Crippen LogP) is 7.85. The van der Waals surface area contributed by atoms with Gasteiger partial charge in [0, 0.05) is 17.0 Å². The molecular formula is C30H14F4. The predicted molar refractivity (Wildman–Crippen MR) is 124 cm³/mol. The van der Waals surface area contributed by atoms with Crippen LogP contribution in [0.4, 0.5) is 17.6 Å². The molecule has 0 amide bonds. The molecule has 4 atom stereocenters. The molecule has 2 bridgehead atoms. The van der Waals surface area contributed by atoms with Crippen LogP contribution in [0.1, 0.15) is 39.3 Å². The topological polar surface area (TPSA) is 0 Å². The summed E-state index contributed by atoms with van der Waals surface area (Å²) in [4.78, 5) is 0. The van der Waals surface area contributed by atoms with Crippen molar-refractivity contribution < 1.29 is 17.6 Å². The average Bonchev–Trinajstić information content (AvgIpc) is 2.87.